The highest BCUT2D eigenvalue weighted by Gasteiger charge is 2.25. The van der Waals surface area contributed by atoms with Gasteiger partial charge in [0.15, 0.2) is 0 Å². The summed E-state index contributed by atoms with van der Waals surface area (Å²) in [5.41, 5.74) is 2.57. The molecule has 1 atom stereocenters. The second kappa shape index (κ2) is 5.91. The Morgan fingerprint density at radius 2 is 2.17 bits per heavy atom. The van der Waals surface area contributed by atoms with E-state index in [1.165, 1.54) is 11.3 Å². The van der Waals surface area contributed by atoms with E-state index in [9.17, 15) is 0 Å². The summed E-state index contributed by atoms with van der Waals surface area (Å²) in [5.74, 6) is 0. The summed E-state index contributed by atoms with van der Waals surface area (Å²) in [6, 6.07) is 6.70. The monoisotopic (exact) mass is 267 g/mol. The molecule has 1 aliphatic rings. The number of rotatable bonds is 3. The standard InChI is InChI=1S/C14H22ClN3/c1-11-8-12(15)4-5-14(11)18-7-6-17(3)10-13(18)9-16-2/h4-5,8,13,16H,6-7,9-10H2,1-3H3. The van der Waals surface area contributed by atoms with E-state index in [0.29, 0.717) is 6.04 Å². The maximum absolute atomic E-state index is 6.04. The van der Waals surface area contributed by atoms with Gasteiger partial charge in [0.2, 0.25) is 0 Å². The summed E-state index contributed by atoms with van der Waals surface area (Å²) in [6.45, 7) is 6.43. The molecule has 1 unspecified atom stereocenters. The fourth-order valence-electron chi connectivity index (χ4n) is 2.68. The highest BCUT2D eigenvalue weighted by molar-refractivity contribution is 6.30. The Labute approximate surface area is 115 Å². The summed E-state index contributed by atoms with van der Waals surface area (Å²) < 4.78 is 0. The fraction of sp³-hybridized carbons (Fsp3) is 0.571. The first-order chi connectivity index (χ1) is 8.61. The Bertz CT molecular complexity index is 408. The average molecular weight is 268 g/mol. The molecule has 1 fully saturated rings. The molecule has 1 saturated heterocycles. The zero-order valence-corrected chi connectivity index (χ0v) is 12.2. The molecule has 0 spiro atoms. The van der Waals surface area contributed by atoms with Gasteiger partial charge < -0.3 is 15.1 Å². The number of halogens is 1. The van der Waals surface area contributed by atoms with Gasteiger partial charge in [0.05, 0.1) is 6.04 Å². The van der Waals surface area contributed by atoms with Crippen molar-refractivity contribution in [3.05, 3.63) is 28.8 Å². The molecule has 0 saturated carbocycles. The molecular weight excluding hydrogens is 246 g/mol. The van der Waals surface area contributed by atoms with Crippen LogP contribution in [0.5, 0.6) is 0 Å². The molecule has 18 heavy (non-hydrogen) atoms. The zero-order valence-electron chi connectivity index (χ0n) is 11.4. The smallest absolute Gasteiger partial charge is 0.0541 e. The van der Waals surface area contributed by atoms with Crippen LogP contribution in [0.2, 0.25) is 5.02 Å². The third kappa shape index (κ3) is 2.97. The van der Waals surface area contributed by atoms with Gasteiger partial charge in [0.25, 0.3) is 0 Å². The molecular formula is C14H22ClN3. The molecule has 1 aliphatic heterocycles. The summed E-state index contributed by atoms with van der Waals surface area (Å²) in [5, 5.41) is 4.11. The van der Waals surface area contributed by atoms with Crippen molar-refractivity contribution >= 4 is 17.3 Å². The van der Waals surface area contributed by atoms with E-state index in [1.54, 1.807) is 0 Å². The quantitative estimate of drug-likeness (QED) is 0.904. The van der Waals surface area contributed by atoms with Crippen LogP contribution in [0.15, 0.2) is 18.2 Å². The molecule has 1 aromatic rings. The maximum atomic E-state index is 6.04. The fourth-order valence-corrected chi connectivity index (χ4v) is 2.91. The second-order valence-corrected chi connectivity index (χ2v) is 5.53. The van der Waals surface area contributed by atoms with Gasteiger partial charge in [-0.15, -0.1) is 0 Å². The number of likely N-dealkylation sites (N-methyl/N-ethyl adjacent to an activating group) is 2. The highest BCUT2D eigenvalue weighted by Crippen LogP contribution is 2.26. The lowest BCUT2D eigenvalue weighted by Gasteiger charge is -2.42. The van der Waals surface area contributed by atoms with E-state index in [1.807, 2.05) is 19.2 Å². The van der Waals surface area contributed by atoms with E-state index in [0.717, 1.165) is 31.2 Å². The van der Waals surface area contributed by atoms with Crippen LogP contribution in [0.3, 0.4) is 0 Å². The van der Waals surface area contributed by atoms with Crippen LogP contribution in [0.1, 0.15) is 5.56 Å². The largest absolute Gasteiger partial charge is 0.364 e. The van der Waals surface area contributed by atoms with Gasteiger partial charge >= 0.3 is 0 Å². The second-order valence-electron chi connectivity index (χ2n) is 5.10. The summed E-state index contributed by atoms with van der Waals surface area (Å²) >= 11 is 6.04. The molecule has 2 rings (SSSR count). The van der Waals surface area contributed by atoms with Crippen molar-refractivity contribution in [1.82, 2.24) is 10.2 Å². The van der Waals surface area contributed by atoms with Crippen LogP contribution in [-0.4, -0.2) is 51.2 Å². The van der Waals surface area contributed by atoms with Crippen molar-refractivity contribution in [1.29, 1.82) is 0 Å². The molecule has 0 aliphatic carbocycles. The van der Waals surface area contributed by atoms with Gasteiger partial charge in [0.1, 0.15) is 0 Å². The topological polar surface area (TPSA) is 18.5 Å². The molecule has 0 radical (unpaired) electrons. The number of aryl methyl sites for hydroxylation is 1. The first-order valence-corrected chi connectivity index (χ1v) is 6.85. The minimum absolute atomic E-state index is 0.522. The average Bonchev–Trinajstić information content (AvgIpc) is 2.31. The number of hydrogen-bond acceptors (Lipinski definition) is 3. The predicted octanol–water partition coefficient (Wildman–Crippen LogP) is 1.99. The van der Waals surface area contributed by atoms with Crippen LogP contribution in [-0.2, 0) is 0 Å². The number of anilines is 1. The maximum Gasteiger partial charge on any atom is 0.0541 e. The number of benzene rings is 1. The molecule has 1 N–H and O–H groups in total. The third-order valence-electron chi connectivity index (χ3n) is 3.59. The van der Waals surface area contributed by atoms with Crippen molar-refractivity contribution in [2.45, 2.75) is 13.0 Å². The van der Waals surface area contributed by atoms with Crippen molar-refractivity contribution in [2.24, 2.45) is 0 Å². The normalized spacial score (nSPS) is 21.3. The van der Waals surface area contributed by atoms with E-state index >= 15 is 0 Å². The Balaban J connectivity index is 2.23. The zero-order chi connectivity index (χ0) is 13.1. The van der Waals surface area contributed by atoms with Crippen LogP contribution in [0.4, 0.5) is 5.69 Å². The van der Waals surface area contributed by atoms with Gasteiger partial charge in [-0.1, -0.05) is 11.6 Å². The molecule has 0 aromatic heterocycles. The number of hydrogen-bond donors (Lipinski definition) is 1. The number of nitrogens with one attached hydrogen (secondary N) is 1. The van der Waals surface area contributed by atoms with E-state index in [4.69, 9.17) is 11.6 Å². The van der Waals surface area contributed by atoms with E-state index in [2.05, 4.69) is 35.2 Å². The van der Waals surface area contributed by atoms with Gasteiger partial charge in [0, 0.05) is 36.9 Å². The van der Waals surface area contributed by atoms with Crippen LogP contribution in [0.25, 0.3) is 0 Å². The van der Waals surface area contributed by atoms with Crippen molar-refractivity contribution in [2.75, 3.05) is 45.2 Å². The van der Waals surface area contributed by atoms with Gasteiger partial charge in [-0.05, 0) is 44.8 Å². The Kier molecular flexibility index (Phi) is 4.49. The minimum atomic E-state index is 0.522. The third-order valence-corrected chi connectivity index (χ3v) is 3.83. The van der Waals surface area contributed by atoms with E-state index < -0.39 is 0 Å². The summed E-state index contributed by atoms with van der Waals surface area (Å²) in [6.07, 6.45) is 0. The Hall–Kier alpha value is -0.770. The molecule has 100 valence electrons. The lowest BCUT2D eigenvalue weighted by atomic mass is 10.1. The van der Waals surface area contributed by atoms with Crippen molar-refractivity contribution in [3.8, 4) is 0 Å². The highest BCUT2D eigenvalue weighted by atomic mass is 35.5. The predicted molar refractivity (Wildman–Crippen MR) is 78.7 cm³/mol. The van der Waals surface area contributed by atoms with Crippen LogP contribution < -0.4 is 10.2 Å². The van der Waals surface area contributed by atoms with Crippen molar-refractivity contribution in [3.63, 3.8) is 0 Å². The van der Waals surface area contributed by atoms with Crippen LogP contribution in [0, 0.1) is 6.92 Å². The molecule has 1 aromatic carbocycles. The lowest BCUT2D eigenvalue weighted by Crippen LogP contribution is -2.55. The molecule has 0 amide bonds. The number of nitrogens with zero attached hydrogens (tertiary/aromatic N) is 2. The first-order valence-electron chi connectivity index (χ1n) is 6.47. The van der Waals surface area contributed by atoms with Gasteiger partial charge in [-0.3, -0.25) is 0 Å². The van der Waals surface area contributed by atoms with Crippen LogP contribution >= 0.6 is 11.6 Å². The van der Waals surface area contributed by atoms with Gasteiger partial charge in [-0.25, -0.2) is 0 Å². The van der Waals surface area contributed by atoms with Gasteiger partial charge in [-0.2, -0.15) is 0 Å². The number of piperazine rings is 1. The van der Waals surface area contributed by atoms with Crippen molar-refractivity contribution < 1.29 is 0 Å². The summed E-state index contributed by atoms with van der Waals surface area (Å²) in [4.78, 5) is 4.89. The molecule has 1 heterocycles. The first kappa shape index (κ1) is 13.7. The molecule has 0 bridgehead atoms. The molecule has 3 nitrogen and oxygen atoms in total. The van der Waals surface area contributed by atoms with E-state index in [-0.39, 0.29) is 0 Å². The lowest BCUT2D eigenvalue weighted by molar-refractivity contribution is 0.265. The minimum Gasteiger partial charge on any atom is -0.364 e. The molecule has 4 heteroatoms. The Morgan fingerprint density at radius 1 is 1.39 bits per heavy atom. The SMILES string of the molecule is CNCC1CN(C)CCN1c1ccc(Cl)cc1C. The Morgan fingerprint density at radius 3 is 2.83 bits per heavy atom. The summed E-state index contributed by atoms with van der Waals surface area (Å²) in [7, 11) is 4.20.